The van der Waals surface area contributed by atoms with Crippen LogP contribution in [0, 0.1) is 0 Å². The number of nitrogens with one attached hydrogen (secondary N) is 2. The summed E-state index contributed by atoms with van der Waals surface area (Å²) in [6.07, 6.45) is 2.91. The van der Waals surface area contributed by atoms with Gasteiger partial charge >= 0.3 is 0 Å². The molecule has 1 aromatic carbocycles. The standard InChI is InChI=1S/C15H15N7O2/c1-24-11-7-18-10(6-19-11)20-15-12(14(17)23)13(21-22-15)8-2-4-9(16)5-3-8/h2-7H,16H2,1H3,(H2,17,23)(H2,18,20,21,22). The Hall–Kier alpha value is -3.62. The minimum absolute atomic E-state index is 0.220. The van der Waals surface area contributed by atoms with Crippen LogP contribution in [0.15, 0.2) is 36.7 Å². The van der Waals surface area contributed by atoms with E-state index in [1.807, 2.05) is 0 Å². The second-order valence-electron chi connectivity index (χ2n) is 4.88. The van der Waals surface area contributed by atoms with Gasteiger partial charge in [-0.1, -0.05) is 12.1 Å². The number of methoxy groups -OCH3 is 1. The fourth-order valence-corrected chi connectivity index (χ4v) is 2.14. The molecule has 0 atom stereocenters. The fraction of sp³-hybridized carbons (Fsp3) is 0.0667. The van der Waals surface area contributed by atoms with E-state index in [0.29, 0.717) is 34.5 Å². The predicted molar refractivity (Wildman–Crippen MR) is 88.8 cm³/mol. The summed E-state index contributed by atoms with van der Waals surface area (Å²) in [5.41, 5.74) is 13.1. The zero-order valence-corrected chi connectivity index (χ0v) is 12.8. The average Bonchev–Trinajstić information content (AvgIpc) is 3.00. The molecule has 24 heavy (non-hydrogen) atoms. The van der Waals surface area contributed by atoms with Crippen molar-refractivity contribution in [3.05, 3.63) is 42.2 Å². The molecule has 0 saturated carbocycles. The van der Waals surface area contributed by atoms with Crippen molar-refractivity contribution >= 4 is 23.2 Å². The number of H-pyrrole nitrogens is 1. The molecule has 0 radical (unpaired) electrons. The Labute approximate surface area is 137 Å². The second-order valence-corrected chi connectivity index (χ2v) is 4.88. The summed E-state index contributed by atoms with van der Waals surface area (Å²) < 4.78 is 4.95. The maximum Gasteiger partial charge on any atom is 0.254 e. The van der Waals surface area contributed by atoms with Crippen LogP contribution < -0.4 is 21.5 Å². The number of amides is 1. The summed E-state index contributed by atoms with van der Waals surface area (Å²) in [5, 5.41) is 9.85. The Balaban J connectivity index is 1.96. The van der Waals surface area contributed by atoms with Gasteiger partial charge in [0.2, 0.25) is 5.88 Å². The number of nitrogens with zero attached hydrogens (tertiary/aromatic N) is 3. The number of rotatable bonds is 5. The number of ether oxygens (including phenoxy) is 1. The van der Waals surface area contributed by atoms with E-state index >= 15 is 0 Å². The van der Waals surface area contributed by atoms with Crippen molar-refractivity contribution in [2.45, 2.75) is 0 Å². The van der Waals surface area contributed by atoms with Gasteiger partial charge in [-0.05, 0) is 12.1 Å². The minimum Gasteiger partial charge on any atom is -0.480 e. The molecule has 0 unspecified atom stereocenters. The predicted octanol–water partition coefficient (Wildman–Crippen LogP) is 1.30. The highest BCUT2D eigenvalue weighted by Crippen LogP contribution is 2.28. The van der Waals surface area contributed by atoms with Crippen molar-refractivity contribution in [3.8, 4) is 17.1 Å². The van der Waals surface area contributed by atoms with Crippen LogP contribution in [0.2, 0.25) is 0 Å². The number of aromatic amines is 1. The van der Waals surface area contributed by atoms with E-state index in [0.717, 1.165) is 0 Å². The van der Waals surface area contributed by atoms with E-state index < -0.39 is 5.91 Å². The molecule has 6 N–H and O–H groups in total. The molecule has 0 aliphatic carbocycles. The van der Waals surface area contributed by atoms with Crippen LogP contribution in [0.1, 0.15) is 10.4 Å². The van der Waals surface area contributed by atoms with Crippen molar-refractivity contribution in [2.75, 3.05) is 18.2 Å². The Morgan fingerprint density at radius 3 is 2.54 bits per heavy atom. The highest BCUT2D eigenvalue weighted by Gasteiger charge is 2.20. The molecular formula is C15H15N7O2. The lowest BCUT2D eigenvalue weighted by atomic mass is 10.1. The first-order valence-electron chi connectivity index (χ1n) is 6.95. The number of benzene rings is 1. The van der Waals surface area contributed by atoms with Gasteiger partial charge in [0.15, 0.2) is 0 Å². The first-order valence-corrected chi connectivity index (χ1v) is 6.95. The summed E-state index contributed by atoms with van der Waals surface area (Å²) >= 11 is 0. The number of nitrogen functional groups attached to an aromatic ring is 1. The third-order valence-electron chi connectivity index (χ3n) is 3.29. The van der Waals surface area contributed by atoms with Crippen LogP contribution in [0.3, 0.4) is 0 Å². The topological polar surface area (TPSA) is 145 Å². The molecule has 0 fully saturated rings. The van der Waals surface area contributed by atoms with Gasteiger partial charge in [0.05, 0.1) is 19.5 Å². The SMILES string of the molecule is COc1cnc(Nc2[nH]nc(-c3ccc(N)cc3)c2C(N)=O)cn1. The molecule has 9 heteroatoms. The smallest absolute Gasteiger partial charge is 0.254 e. The molecule has 2 heterocycles. The summed E-state index contributed by atoms with van der Waals surface area (Å²) in [6.45, 7) is 0. The summed E-state index contributed by atoms with van der Waals surface area (Å²) in [7, 11) is 1.50. The Morgan fingerprint density at radius 1 is 1.21 bits per heavy atom. The summed E-state index contributed by atoms with van der Waals surface area (Å²) in [5.74, 6) is 0.488. The Kier molecular flexibility index (Phi) is 3.98. The maximum absolute atomic E-state index is 11.9. The van der Waals surface area contributed by atoms with Crippen molar-refractivity contribution < 1.29 is 9.53 Å². The third kappa shape index (κ3) is 2.95. The minimum atomic E-state index is -0.625. The number of aromatic nitrogens is 4. The maximum atomic E-state index is 11.9. The van der Waals surface area contributed by atoms with Crippen molar-refractivity contribution in [1.82, 2.24) is 20.2 Å². The van der Waals surface area contributed by atoms with Gasteiger partial charge in [-0.25, -0.2) is 9.97 Å². The van der Waals surface area contributed by atoms with Crippen LogP contribution in [-0.2, 0) is 0 Å². The van der Waals surface area contributed by atoms with Gasteiger partial charge in [-0.15, -0.1) is 0 Å². The molecule has 0 aliphatic heterocycles. The summed E-state index contributed by atoms with van der Waals surface area (Å²) in [4.78, 5) is 20.0. The number of nitrogens with two attached hydrogens (primary N) is 2. The highest BCUT2D eigenvalue weighted by atomic mass is 16.5. The second kappa shape index (κ2) is 6.24. The van der Waals surface area contributed by atoms with E-state index in [-0.39, 0.29) is 5.56 Å². The molecule has 3 aromatic rings. The Bertz CT molecular complexity index is 857. The average molecular weight is 325 g/mol. The molecule has 0 spiro atoms. The number of hydrogen-bond acceptors (Lipinski definition) is 7. The number of anilines is 3. The largest absolute Gasteiger partial charge is 0.480 e. The molecular weight excluding hydrogens is 310 g/mol. The zero-order valence-electron chi connectivity index (χ0n) is 12.8. The van der Waals surface area contributed by atoms with Crippen molar-refractivity contribution in [2.24, 2.45) is 5.73 Å². The van der Waals surface area contributed by atoms with Crippen LogP contribution in [0.4, 0.5) is 17.3 Å². The lowest BCUT2D eigenvalue weighted by Gasteiger charge is -2.06. The summed E-state index contributed by atoms with van der Waals surface area (Å²) in [6, 6.07) is 6.96. The highest BCUT2D eigenvalue weighted by molar-refractivity contribution is 6.04. The fourth-order valence-electron chi connectivity index (χ4n) is 2.14. The normalized spacial score (nSPS) is 10.4. The molecule has 9 nitrogen and oxygen atoms in total. The van der Waals surface area contributed by atoms with Crippen molar-refractivity contribution in [3.63, 3.8) is 0 Å². The first kappa shape index (κ1) is 15.3. The molecule has 0 saturated heterocycles. The lowest BCUT2D eigenvalue weighted by molar-refractivity contribution is 0.100. The number of hydrogen-bond donors (Lipinski definition) is 4. The van der Waals surface area contributed by atoms with Gasteiger partial charge < -0.3 is 21.5 Å². The van der Waals surface area contributed by atoms with E-state index in [4.69, 9.17) is 16.2 Å². The van der Waals surface area contributed by atoms with E-state index in [9.17, 15) is 4.79 Å². The molecule has 0 aliphatic rings. The lowest BCUT2D eigenvalue weighted by Crippen LogP contribution is -2.13. The number of primary amides is 1. The zero-order chi connectivity index (χ0) is 17.1. The van der Waals surface area contributed by atoms with E-state index in [2.05, 4.69) is 25.5 Å². The van der Waals surface area contributed by atoms with Crippen molar-refractivity contribution in [1.29, 1.82) is 0 Å². The Morgan fingerprint density at radius 2 is 1.96 bits per heavy atom. The molecule has 3 rings (SSSR count). The van der Waals surface area contributed by atoms with Crippen LogP contribution in [-0.4, -0.2) is 33.2 Å². The number of carbonyl (C=O) groups is 1. The molecule has 0 bridgehead atoms. The van der Waals surface area contributed by atoms with Crippen LogP contribution >= 0.6 is 0 Å². The molecule has 1 amide bonds. The van der Waals surface area contributed by atoms with Crippen LogP contribution in [0.25, 0.3) is 11.3 Å². The third-order valence-corrected chi connectivity index (χ3v) is 3.29. The molecule has 2 aromatic heterocycles. The first-order chi connectivity index (χ1) is 11.6. The van der Waals surface area contributed by atoms with Gasteiger partial charge in [0.1, 0.15) is 22.9 Å². The van der Waals surface area contributed by atoms with Gasteiger partial charge in [-0.2, -0.15) is 5.10 Å². The quantitative estimate of drug-likeness (QED) is 0.517. The molecule has 122 valence electrons. The number of carbonyl (C=O) groups excluding carboxylic acids is 1. The van der Waals surface area contributed by atoms with Gasteiger partial charge in [-0.3, -0.25) is 9.89 Å². The monoisotopic (exact) mass is 325 g/mol. The van der Waals surface area contributed by atoms with Gasteiger partial charge in [0, 0.05) is 11.3 Å². The van der Waals surface area contributed by atoms with Gasteiger partial charge in [0.25, 0.3) is 5.91 Å². The van der Waals surface area contributed by atoms with E-state index in [1.54, 1.807) is 24.3 Å². The van der Waals surface area contributed by atoms with E-state index in [1.165, 1.54) is 19.5 Å². The van der Waals surface area contributed by atoms with Crippen LogP contribution in [0.5, 0.6) is 5.88 Å².